The molecule has 0 radical (unpaired) electrons. The molecule has 0 aromatic carbocycles. The summed E-state index contributed by atoms with van der Waals surface area (Å²) in [7, 11) is 0. The summed E-state index contributed by atoms with van der Waals surface area (Å²) in [6.07, 6.45) is -5.87. The molecule has 0 aromatic heterocycles. The molecule has 0 atom stereocenters. The monoisotopic (exact) mass is 304 g/mol. The summed E-state index contributed by atoms with van der Waals surface area (Å²) in [5.41, 5.74) is 0. The third-order valence-corrected chi connectivity index (χ3v) is 1.29. The van der Waals surface area contributed by atoms with Crippen LogP contribution in [-0.2, 0) is 57.3 Å². The van der Waals surface area contributed by atoms with Gasteiger partial charge in [-0.2, -0.15) is 0 Å². The first-order valence-corrected chi connectivity index (χ1v) is 4.55. The van der Waals surface area contributed by atoms with Gasteiger partial charge in [0.2, 0.25) is 25.1 Å². The Morgan fingerprint density at radius 2 is 0.714 bits per heavy atom. The molecule has 0 N–H and O–H groups in total. The van der Waals surface area contributed by atoms with Crippen LogP contribution in [0.15, 0.2) is 0 Å². The van der Waals surface area contributed by atoms with Crippen LogP contribution in [0.2, 0.25) is 0 Å². The van der Waals surface area contributed by atoms with Crippen molar-refractivity contribution in [2.24, 2.45) is 0 Å². The van der Waals surface area contributed by atoms with Crippen molar-refractivity contribution in [1.82, 2.24) is 0 Å². The van der Waals surface area contributed by atoms with Gasteiger partial charge in [-0.25, -0.2) is 19.2 Å². The number of hydrogen-bond donors (Lipinski definition) is 0. The lowest BCUT2D eigenvalue weighted by Gasteiger charge is -2.25. The Balaban J connectivity index is 5.63. The summed E-state index contributed by atoms with van der Waals surface area (Å²) in [5.74, 6) is -7.59. The fraction of sp³-hybridized carbons (Fsp3) is 0.111. The van der Waals surface area contributed by atoms with E-state index in [1.807, 2.05) is 0 Å². The minimum atomic E-state index is -3.73. The van der Waals surface area contributed by atoms with E-state index >= 15 is 0 Å². The van der Waals surface area contributed by atoms with Crippen molar-refractivity contribution < 1.29 is 57.3 Å². The minimum absolute atomic E-state index is 0.535. The Hall–Kier alpha value is -3.44. The van der Waals surface area contributed by atoms with E-state index in [1.54, 1.807) is 0 Å². The predicted octanol–water partition coefficient (Wildman–Crippen LogP) is -3.43. The van der Waals surface area contributed by atoms with Crippen molar-refractivity contribution in [2.75, 3.05) is 0 Å². The van der Waals surface area contributed by atoms with E-state index in [4.69, 9.17) is 0 Å². The molecule has 0 heterocycles. The van der Waals surface area contributed by atoms with Crippen molar-refractivity contribution in [3.05, 3.63) is 0 Å². The van der Waals surface area contributed by atoms with Crippen LogP contribution in [0, 0.1) is 0 Å². The molecule has 12 heteroatoms. The van der Waals surface area contributed by atoms with Gasteiger partial charge in [0.25, 0.3) is 0 Å². The van der Waals surface area contributed by atoms with Gasteiger partial charge in [0, 0.05) is 0 Å². The number of carbonyl (C=O) groups is 8. The first-order valence-electron chi connectivity index (χ1n) is 4.55. The van der Waals surface area contributed by atoms with Crippen LogP contribution < -0.4 is 0 Å². The zero-order valence-electron chi connectivity index (χ0n) is 9.71. The molecule has 21 heavy (non-hydrogen) atoms. The molecule has 0 aliphatic heterocycles. The van der Waals surface area contributed by atoms with Crippen molar-refractivity contribution in [1.29, 1.82) is 0 Å². The van der Waals surface area contributed by atoms with Crippen LogP contribution in [0.25, 0.3) is 0 Å². The lowest BCUT2D eigenvalue weighted by molar-refractivity contribution is -0.426. The van der Waals surface area contributed by atoms with Gasteiger partial charge >= 0.3 is 30.0 Å². The highest BCUT2D eigenvalue weighted by Gasteiger charge is 2.50. The van der Waals surface area contributed by atoms with Crippen LogP contribution in [-0.4, -0.2) is 55.2 Å². The number of rotatable bonds is 8. The molecular formula is C9H4O12. The van der Waals surface area contributed by atoms with Crippen molar-refractivity contribution in [3.63, 3.8) is 0 Å². The normalized spacial score (nSPS) is 9.52. The summed E-state index contributed by atoms with van der Waals surface area (Å²) < 4.78 is 15.6. The Morgan fingerprint density at radius 3 is 0.857 bits per heavy atom. The van der Waals surface area contributed by atoms with Gasteiger partial charge in [0.15, 0.2) is 0 Å². The van der Waals surface area contributed by atoms with Gasteiger partial charge in [-0.1, -0.05) is 0 Å². The summed E-state index contributed by atoms with van der Waals surface area (Å²) in [6.45, 7) is 0. The molecule has 0 saturated carbocycles. The van der Waals surface area contributed by atoms with Crippen LogP contribution in [0.5, 0.6) is 0 Å². The maximum atomic E-state index is 10.8. The lowest BCUT2D eigenvalue weighted by atomic mass is 10.7. The van der Waals surface area contributed by atoms with Crippen molar-refractivity contribution in [2.45, 2.75) is 6.16 Å². The second-order valence-electron chi connectivity index (χ2n) is 2.66. The lowest BCUT2D eigenvalue weighted by Crippen LogP contribution is -2.49. The molecular weight excluding hydrogens is 300 g/mol. The van der Waals surface area contributed by atoms with E-state index in [9.17, 15) is 38.4 Å². The molecule has 0 amide bonds. The van der Waals surface area contributed by atoms with Crippen molar-refractivity contribution in [3.8, 4) is 0 Å². The fourth-order valence-corrected chi connectivity index (χ4v) is 0.714. The molecule has 0 rings (SSSR count). The number of carbonyl (C=O) groups excluding carboxylic acids is 8. The predicted molar refractivity (Wildman–Crippen MR) is 51.4 cm³/mol. The minimum Gasteiger partial charge on any atom is -0.346 e. The standard InChI is InChI=1S/C9H4O12/c10-1-5(14)18-9(19-6(15)2-11,20-7(16)3-12)21-8(17)4-13/h1-4H. The fourth-order valence-electron chi connectivity index (χ4n) is 0.714. The van der Waals surface area contributed by atoms with Gasteiger partial charge in [0.1, 0.15) is 0 Å². The first-order chi connectivity index (χ1) is 9.82. The summed E-state index contributed by atoms with van der Waals surface area (Å²) >= 11 is 0. The quantitative estimate of drug-likeness (QED) is 0.188. The van der Waals surface area contributed by atoms with Crippen LogP contribution in [0.1, 0.15) is 0 Å². The smallest absolute Gasteiger partial charge is 0.346 e. The van der Waals surface area contributed by atoms with E-state index in [0.717, 1.165) is 0 Å². The maximum absolute atomic E-state index is 10.8. The summed E-state index contributed by atoms with van der Waals surface area (Å²) in [6, 6.07) is 0. The van der Waals surface area contributed by atoms with Gasteiger partial charge < -0.3 is 18.9 Å². The van der Waals surface area contributed by atoms with Crippen LogP contribution in [0.4, 0.5) is 0 Å². The van der Waals surface area contributed by atoms with Crippen LogP contribution >= 0.6 is 0 Å². The highest BCUT2D eigenvalue weighted by Crippen LogP contribution is 2.18. The summed E-state index contributed by atoms with van der Waals surface area (Å²) in [5, 5.41) is 0. The Bertz CT molecular complexity index is 409. The SMILES string of the molecule is O=CC(=O)OC(OC(=O)C=O)(OC(=O)C=O)OC(=O)C=O. The Morgan fingerprint density at radius 1 is 0.524 bits per heavy atom. The maximum Gasteiger partial charge on any atom is 0.620 e. The first kappa shape index (κ1) is 17.6. The topological polar surface area (TPSA) is 173 Å². The van der Waals surface area contributed by atoms with Crippen molar-refractivity contribution >= 4 is 49.0 Å². The zero-order chi connectivity index (χ0) is 16.5. The largest absolute Gasteiger partial charge is 0.620 e. The zero-order valence-corrected chi connectivity index (χ0v) is 9.71. The second kappa shape index (κ2) is 7.88. The van der Waals surface area contributed by atoms with Gasteiger partial charge in [-0.3, -0.25) is 19.2 Å². The second-order valence-corrected chi connectivity index (χ2v) is 2.66. The van der Waals surface area contributed by atoms with E-state index in [2.05, 4.69) is 18.9 Å². The summed E-state index contributed by atoms with van der Waals surface area (Å²) in [4.78, 5) is 83.8. The molecule has 0 saturated heterocycles. The number of hydrogen-bond acceptors (Lipinski definition) is 12. The number of aldehydes is 4. The number of ether oxygens (including phenoxy) is 4. The third-order valence-electron chi connectivity index (χ3n) is 1.29. The Labute approximate surface area is 113 Å². The molecule has 0 spiro atoms. The molecule has 0 unspecified atom stereocenters. The number of esters is 4. The Kier molecular flexibility index (Phi) is 6.59. The third kappa shape index (κ3) is 5.82. The van der Waals surface area contributed by atoms with Crippen LogP contribution in [0.3, 0.4) is 0 Å². The molecule has 0 bridgehead atoms. The van der Waals surface area contributed by atoms with E-state index < -0.39 is 55.2 Å². The van der Waals surface area contributed by atoms with E-state index in [0.29, 0.717) is 0 Å². The average Bonchev–Trinajstić information content (AvgIpc) is 2.46. The molecule has 0 aliphatic rings. The molecule has 12 nitrogen and oxygen atoms in total. The molecule has 112 valence electrons. The highest BCUT2D eigenvalue weighted by molar-refractivity contribution is 6.23. The molecule has 0 aliphatic carbocycles. The average molecular weight is 304 g/mol. The molecule has 0 fully saturated rings. The van der Waals surface area contributed by atoms with Gasteiger partial charge in [-0.05, 0) is 0 Å². The van der Waals surface area contributed by atoms with Gasteiger partial charge in [-0.15, -0.1) is 0 Å². The molecule has 0 aromatic rings. The van der Waals surface area contributed by atoms with Gasteiger partial charge in [0.05, 0.1) is 0 Å². The van der Waals surface area contributed by atoms with E-state index in [-0.39, 0.29) is 0 Å². The van der Waals surface area contributed by atoms with E-state index in [1.165, 1.54) is 0 Å². The highest BCUT2D eigenvalue weighted by atomic mass is 17.0.